The number of carbonyl (C=O) groups is 3. The number of anilines is 1. The summed E-state index contributed by atoms with van der Waals surface area (Å²) in [5.41, 5.74) is 0.923. The van der Waals surface area contributed by atoms with E-state index >= 15 is 0 Å². The lowest BCUT2D eigenvalue weighted by Gasteiger charge is -2.28. The summed E-state index contributed by atoms with van der Waals surface area (Å²) in [5.74, 6) is -3.30. The van der Waals surface area contributed by atoms with Crippen molar-refractivity contribution in [2.75, 3.05) is 12.1 Å². The van der Waals surface area contributed by atoms with Gasteiger partial charge < -0.3 is 18.9 Å². The van der Waals surface area contributed by atoms with Crippen LogP contribution in [0.4, 0.5) is 5.82 Å². The van der Waals surface area contributed by atoms with Crippen LogP contribution in [-0.4, -0.2) is 57.6 Å². The van der Waals surface area contributed by atoms with Gasteiger partial charge >= 0.3 is 23.6 Å². The minimum absolute atomic E-state index is 0.0955. The standard InChI is InChI=1S/C16H19N3O9/c1-3-7(2)13(20)25-6-8-10-11(28-15(22)14(21)27-10)12(26-8)19-5-4-9(18-24)17-16(19)23/h4-5,7-8,10-12,24H,3,6H2,1-2H3,(H,17,18,23)/t7-,8+,10?,11?,12+/m0/s1. The number of esters is 3. The fourth-order valence-electron chi connectivity index (χ4n) is 2.82. The molecule has 0 saturated carbocycles. The van der Waals surface area contributed by atoms with E-state index in [1.165, 1.54) is 12.3 Å². The number of hydrogen-bond donors (Lipinski definition) is 2. The van der Waals surface area contributed by atoms with Crippen LogP contribution in [0, 0.1) is 5.92 Å². The van der Waals surface area contributed by atoms with Crippen LogP contribution in [0.2, 0.25) is 0 Å². The lowest BCUT2D eigenvalue weighted by Crippen LogP contribution is -2.49. The third-order valence-corrected chi connectivity index (χ3v) is 4.56. The number of ether oxygens (including phenoxy) is 4. The second-order valence-electron chi connectivity index (χ2n) is 6.36. The molecule has 0 amide bonds. The quantitative estimate of drug-likeness (QED) is 0.273. The summed E-state index contributed by atoms with van der Waals surface area (Å²) >= 11 is 0. The molecule has 2 fully saturated rings. The van der Waals surface area contributed by atoms with Crippen molar-refractivity contribution in [2.45, 2.75) is 44.8 Å². The Hall–Kier alpha value is -2.99. The SMILES string of the molecule is CC[C@H](C)C(=O)OC[C@H]1O[C@@H](n2ccc(NO)nc2=O)C2OC(=O)C(=O)OC21. The summed E-state index contributed by atoms with van der Waals surface area (Å²) in [7, 11) is 0. The third-order valence-electron chi connectivity index (χ3n) is 4.56. The van der Waals surface area contributed by atoms with Crippen LogP contribution in [0.15, 0.2) is 17.1 Å². The van der Waals surface area contributed by atoms with Crippen LogP contribution in [0.25, 0.3) is 0 Å². The van der Waals surface area contributed by atoms with Crippen LogP contribution in [-0.2, 0) is 33.3 Å². The van der Waals surface area contributed by atoms with Crippen molar-refractivity contribution >= 4 is 23.7 Å². The molecule has 2 unspecified atom stereocenters. The predicted molar refractivity (Wildman–Crippen MR) is 88.0 cm³/mol. The zero-order valence-electron chi connectivity index (χ0n) is 15.1. The number of fused-ring (bicyclic) bond motifs is 1. The first kappa shape index (κ1) is 19.8. The second kappa shape index (κ2) is 7.94. The Morgan fingerprint density at radius 1 is 1.32 bits per heavy atom. The summed E-state index contributed by atoms with van der Waals surface area (Å²) in [5, 5.41) is 8.83. The van der Waals surface area contributed by atoms with E-state index in [2.05, 4.69) is 4.98 Å². The molecule has 0 spiro atoms. The van der Waals surface area contributed by atoms with Gasteiger partial charge in [-0.3, -0.25) is 20.0 Å². The predicted octanol–water partition coefficient (Wildman–Crippen LogP) is -0.632. The van der Waals surface area contributed by atoms with Gasteiger partial charge in [-0.05, 0) is 12.5 Å². The molecule has 0 aliphatic carbocycles. The van der Waals surface area contributed by atoms with Gasteiger partial charge in [0.25, 0.3) is 0 Å². The third kappa shape index (κ3) is 3.68. The lowest BCUT2D eigenvalue weighted by atomic mass is 10.1. The van der Waals surface area contributed by atoms with Crippen molar-refractivity contribution in [1.29, 1.82) is 0 Å². The molecule has 2 saturated heterocycles. The van der Waals surface area contributed by atoms with E-state index in [0.717, 1.165) is 4.57 Å². The first-order chi connectivity index (χ1) is 13.3. The van der Waals surface area contributed by atoms with Gasteiger partial charge in [0.2, 0.25) is 0 Å². The first-order valence-corrected chi connectivity index (χ1v) is 8.58. The average molecular weight is 397 g/mol. The van der Waals surface area contributed by atoms with E-state index in [0.29, 0.717) is 6.42 Å². The lowest BCUT2D eigenvalue weighted by molar-refractivity contribution is -0.195. The molecule has 2 aliphatic heterocycles. The summed E-state index contributed by atoms with van der Waals surface area (Å²) in [6, 6.07) is 1.28. The van der Waals surface area contributed by atoms with Crippen molar-refractivity contribution < 1.29 is 38.5 Å². The minimum Gasteiger partial charge on any atom is -0.463 e. The Balaban J connectivity index is 1.83. The molecular formula is C16H19N3O9. The van der Waals surface area contributed by atoms with Gasteiger partial charge in [0, 0.05) is 6.20 Å². The van der Waals surface area contributed by atoms with Crippen molar-refractivity contribution in [1.82, 2.24) is 9.55 Å². The van der Waals surface area contributed by atoms with Gasteiger partial charge in [0.05, 0.1) is 5.92 Å². The van der Waals surface area contributed by atoms with Crippen molar-refractivity contribution in [3.63, 3.8) is 0 Å². The molecule has 12 heteroatoms. The Kier molecular flexibility index (Phi) is 5.61. The highest BCUT2D eigenvalue weighted by Crippen LogP contribution is 2.35. The summed E-state index contributed by atoms with van der Waals surface area (Å²) in [6.45, 7) is 3.27. The Morgan fingerprint density at radius 2 is 2.00 bits per heavy atom. The smallest absolute Gasteiger partial charge is 0.418 e. The van der Waals surface area contributed by atoms with Crippen LogP contribution >= 0.6 is 0 Å². The number of aromatic nitrogens is 2. The van der Waals surface area contributed by atoms with Gasteiger partial charge in [-0.25, -0.2) is 14.4 Å². The Labute approximate surface area is 158 Å². The molecule has 1 aromatic heterocycles. The summed E-state index contributed by atoms with van der Waals surface area (Å²) < 4.78 is 22.1. The highest BCUT2D eigenvalue weighted by Gasteiger charge is 2.55. The van der Waals surface area contributed by atoms with Gasteiger partial charge in [-0.1, -0.05) is 13.8 Å². The summed E-state index contributed by atoms with van der Waals surface area (Å²) in [6.07, 6.45) is -2.48. The van der Waals surface area contributed by atoms with Gasteiger partial charge in [-0.2, -0.15) is 4.98 Å². The maximum Gasteiger partial charge on any atom is 0.418 e. The molecule has 0 bridgehead atoms. The molecule has 2 aliphatic rings. The topological polar surface area (TPSA) is 155 Å². The highest BCUT2D eigenvalue weighted by atomic mass is 16.7. The van der Waals surface area contributed by atoms with Crippen LogP contribution < -0.4 is 11.2 Å². The Morgan fingerprint density at radius 3 is 2.61 bits per heavy atom. The van der Waals surface area contributed by atoms with E-state index in [4.69, 9.17) is 24.2 Å². The molecule has 152 valence electrons. The van der Waals surface area contributed by atoms with E-state index in [1.807, 2.05) is 6.92 Å². The molecule has 3 rings (SSSR count). The van der Waals surface area contributed by atoms with E-state index in [9.17, 15) is 19.2 Å². The molecule has 12 nitrogen and oxygen atoms in total. The number of hydrogen-bond acceptors (Lipinski definition) is 11. The molecule has 0 aromatic carbocycles. The fourth-order valence-corrected chi connectivity index (χ4v) is 2.82. The maximum atomic E-state index is 12.2. The molecule has 28 heavy (non-hydrogen) atoms. The van der Waals surface area contributed by atoms with Crippen LogP contribution in [0.3, 0.4) is 0 Å². The number of carbonyl (C=O) groups excluding carboxylic acids is 3. The highest BCUT2D eigenvalue weighted by molar-refractivity contribution is 6.30. The maximum absolute atomic E-state index is 12.2. The molecule has 1 aromatic rings. The molecule has 2 N–H and O–H groups in total. The Bertz CT molecular complexity index is 839. The summed E-state index contributed by atoms with van der Waals surface area (Å²) in [4.78, 5) is 50.9. The molecular weight excluding hydrogens is 378 g/mol. The zero-order valence-corrected chi connectivity index (χ0v) is 15.1. The molecule has 0 radical (unpaired) electrons. The van der Waals surface area contributed by atoms with Crippen molar-refractivity contribution in [2.24, 2.45) is 5.92 Å². The molecule has 3 heterocycles. The van der Waals surface area contributed by atoms with Crippen molar-refractivity contribution in [3.8, 4) is 0 Å². The average Bonchev–Trinajstić information content (AvgIpc) is 3.02. The van der Waals surface area contributed by atoms with E-state index in [1.54, 1.807) is 12.4 Å². The largest absolute Gasteiger partial charge is 0.463 e. The van der Waals surface area contributed by atoms with Crippen molar-refractivity contribution in [3.05, 3.63) is 22.7 Å². The normalized spacial score (nSPS) is 27.4. The monoisotopic (exact) mass is 397 g/mol. The van der Waals surface area contributed by atoms with E-state index in [-0.39, 0.29) is 18.3 Å². The fraction of sp³-hybridized carbons (Fsp3) is 0.562. The van der Waals surface area contributed by atoms with Gasteiger partial charge in [0.1, 0.15) is 12.7 Å². The number of nitrogens with one attached hydrogen (secondary N) is 1. The van der Waals surface area contributed by atoms with Crippen LogP contribution in [0.5, 0.6) is 0 Å². The first-order valence-electron chi connectivity index (χ1n) is 8.58. The van der Waals surface area contributed by atoms with E-state index < -0.39 is 48.1 Å². The molecule has 5 atom stereocenters. The van der Waals surface area contributed by atoms with Gasteiger partial charge in [0.15, 0.2) is 24.3 Å². The number of rotatable bonds is 6. The van der Waals surface area contributed by atoms with Gasteiger partial charge in [-0.15, -0.1) is 0 Å². The number of nitrogens with zero attached hydrogens (tertiary/aromatic N) is 2. The minimum atomic E-state index is -1.22. The zero-order chi connectivity index (χ0) is 20.4. The second-order valence-corrected chi connectivity index (χ2v) is 6.36. The van der Waals surface area contributed by atoms with Crippen LogP contribution in [0.1, 0.15) is 26.5 Å².